The van der Waals surface area contributed by atoms with Gasteiger partial charge < -0.3 is 10.1 Å². The third kappa shape index (κ3) is 1.87. The maximum Gasteiger partial charge on any atom is 0.310 e. The van der Waals surface area contributed by atoms with E-state index in [9.17, 15) is 9.59 Å². The van der Waals surface area contributed by atoms with Gasteiger partial charge in [0.2, 0.25) is 5.91 Å². The number of hydrogen-bond donors (Lipinski definition) is 1. The molecule has 4 nitrogen and oxygen atoms in total. The normalized spacial score (nSPS) is 34.9. The largest absolute Gasteiger partial charge is 0.462 e. The number of esters is 1. The summed E-state index contributed by atoms with van der Waals surface area (Å²) in [6.07, 6.45) is 1.88. The topological polar surface area (TPSA) is 55.4 Å². The molecule has 4 rings (SSSR count). The Kier molecular flexibility index (Phi) is 3.12. The summed E-state index contributed by atoms with van der Waals surface area (Å²) in [4.78, 5) is 24.8. The zero-order valence-corrected chi connectivity index (χ0v) is 14.1. The number of fused-ring (bicyclic) bond motifs is 1. The number of anilines is 1. The second-order valence-corrected chi connectivity index (χ2v) is 7.61. The van der Waals surface area contributed by atoms with E-state index in [0.717, 1.165) is 34.1 Å². The highest BCUT2D eigenvalue weighted by atomic mass is 79.9. The molecule has 1 N–H and O–H groups in total. The Balaban J connectivity index is 1.59. The van der Waals surface area contributed by atoms with E-state index in [2.05, 4.69) is 21.2 Å². The predicted octanol–water partition coefficient (Wildman–Crippen LogP) is 3.20. The lowest BCUT2D eigenvalue weighted by molar-refractivity contribution is -0.145. The fraction of sp³-hybridized carbons (Fsp3) is 0.529. The van der Waals surface area contributed by atoms with Crippen LogP contribution in [-0.2, 0) is 14.3 Å². The lowest BCUT2D eigenvalue weighted by Gasteiger charge is -2.24. The van der Waals surface area contributed by atoms with Gasteiger partial charge in [0, 0.05) is 16.1 Å². The molecule has 116 valence electrons. The zero-order valence-electron chi connectivity index (χ0n) is 12.6. The maximum absolute atomic E-state index is 12.8. The monoisotopic (exact) mass is 363 g/mol. The number of halogens is 1. The first-order valence-electron chi connectivity index (χ1n) is 7.74. The average Bonchev–Trinajstić information content (AvgIpc) is 3.09. The van der Waals surface area contributed by atoms with Crippen molar-refractivity contribution in [1.29, 1.82) is 0 Å². The van der Waals surface area contributed by atoms with E-state index < -0.39 is 0 Å². The number of nitrogens with one attached hydrogen (secondary N) is 1. The Morgan fingerprint density at radius 2 is 2.05 bits per heavy atom. The molecule has 2 bridgehead atoms. The zero-order chi connectivity index (χ0) is 15.6. The number of benzene rings is 1. The Morgan fingerprint density at radius 3 is 2.82 bits per heavy atom. The molecule has 2 saturated carbocycles. The molecule has 5 atom stereocenters. The number of rotatable bonds is 2. The van der Waals surface area contributed by atoms with Gasteiger partial charge in [-0.05, 0) is 55.9 Å². The van der Waals surface area contributed by atoms with Crippen LogP contribution in [0.3, 0.4) is 0 Å². The minimum Gasteiger partial charge on any atom is -0.462 e. The van der Waals surface area contributed by atoms with Gasteiger partial charge in [-0.15, -0.1) is 0 Å². The Bertz CT molecular complexity index is 685. The van der Waals surface area contributed by atoms with E-state index in [1.807, 2.05) is 26.0 Å². The SMILES string of the molecule is Cc1c(Br)ccc(NC(=O)[C@@H]2[C@H]3C[C@@H]4[C@@H]2C(=O)O[C@@H]4C3)c1C. The van der Waals surface area contributed by atoms with Gasteiger partial charge in [-0.25, -0.2) is 0 Å². The molecule has 1 aliphatic heterocycles. The van der Waals surface area contributed by atoms with E-state index in [0.29, 0.717) is 5.92 Å². The number of carbonyl (C=O) groups is 2. The van der Waals surface area contributed by atoms with Crippen molar-refractivity contribution >= 4 is 33.5 Å². The van der Waals surface area contributed by atoms with Crippen LogP contribution in [0.4, 0.5) is 5.69 Å². The summed E-state index contributed by atoms with van der Waals surface area (Å²) in [5.41, 5.74) is 3.00. The van der Waals surface area contributed by atoms with E-state index in [1.165, 1.54) is 0 Å². The molecule has 0 radical (unpaired) electrons. The molecular weight excluding hydrogens is 346 g/mol. The van der Waals surface area contributed by atoms with Crippen LogP contribution in [0, 0.1) is 37.5 Å². The molecule has 0 spiro atoms. The summed E-state index contributed by atoms with van der Waals surface area (Å²) < 4.78 is 6.44. The lowest BCUT2D eigenvalue weighted by Crippen LogP contribution is -2.36. The van der Waals surface area contributed by atoms with Crippen molar-refractivity contribution in [2.24, 2.45) is 23.7 Å². The van der Waals surface area contributed by atoms with Crippen LogP contribution in [-0.4, -0.2) is 18.0 Å². The highest BCUT2D eigenvalue weighted by Gasteiger charge is 2.63. The molecule has 3 aliphatic rings. The summed E-state index contributed by atoms with van der Waals surface area (Å²) >= 11 is 3.50. The van der Waals surface area contributed by atoms with Crippen LogP contribution in [0.2, 0.25) is 0 Å². The molecular formula is C17H18BrNO3. The Labute approximate surface area is 137 Å². The molecule has 1 heterocycles. The number of hydrogen-bond acceptors (Lipinski definition) is 3. The van der Waals surface area contributed by atoms with Crippen molar-refractivity contribution in [1.82, 2.24) is 0 Å². The van der Waals surface area contributed by atoms with Crippen LogP contribution in [0.25, 0.3) is 0 Å². The molecule has 3 fully saturated rings. The molecule has 1 aromatic carbocycles. The minimum absolute atomic E-state index is 0.0281. The third-order valence-corrected chi connectivity index (χ3v) is 6.62. The molecule has 0 aromatic heterocycles. The quantitative estimate of drug-likeness (QED) is 0.820. The van der Waals surface area contributed by atoms with E-state index in [4.69, 9.17) is 4.74 Å². The van der Waals surface area contributed by atoms with Crippen molar-refractivity contribution in [3.8, 4) is 0 Å². The summed E-state index contributed by atoms with van der Waals surface area (Å²) in [7, 11) is 0. The number of carbonyl (C=O) groups excluding carboxylic acids is 2. The van der Waals surface area contributed by atoms with Gasteiger partial charge in [0.1, 0.15) is 6.10 Å². The fourth-order valence-corrected chi connectivity index (χ4v) is 4.93. The van der Waals surface area contributed by atoms with Crippen LogP contribution < -0.4 is 5.32 Å². The minimum atomic E-state index is -0.223. The van der Waals surface area contributed by atoms with Crippen molar-refractivity contribution in [3.63, 3.8) is 0 Å². The molecule has 1 amide bonds. The number of ether oxygens (including phenoxy) is 1. The van der Waals surface area contributed by atoms with Gasteiger partial charge in [-0.1, -0.05) is 15.9 Å². The number of amides is 1. The summed E-state index contributed by atoms with van der Waals surface area (Å²) in [5.74, 6) is -0.0806. The second kappa shape index (κ2) is 4.82. The van der Waals surface area contributed by atoms with Gasteiger partial charge >= 0.3 is 5.97 Å². The van der Waals surface area contributed by atoms with Crippen LogP contribution in [0.15, 0.2) is 16.6 Å². The van der Waals surface area contributed by atoms with Gasteiger partial charge in [0.25, 0.3) is 0 Å². The smallest absolute Gasteiger partial charge is 0.310 e. The van der Waals surface area contributed by atoms with Crippen molar-refractivity contribution in [3.05, 3.63) is 27.7 Å². The summed E-state index contributed by atoms with van der Waals surface area (Å²) in [5, 5.41) is 3.04. The molecule has 1 aromatic rings. The van der Waals surface area contributed by atoms with E-state index >= 15 is 0 Å². The van der Waals surface area contributed by atoms with Gasteiger partial charge in [0.15, 0.2) is 0 Å². The highest BCUT2D eigenvalue weighted by Crippen LogP contribution is 2.57. The summed E-state index contributed by atoms with van der Waals surface area (Å²) in [6.45, 7) is 4.02. The average molecular weight is 364 g/mol. The lowest BCUT2D eigenvalue weighted by atomic mass is 9.79. The summed E-state index contributed by atoms with van der Waals surface area (Å²) in [6, 6.07) is 3.85. The van der Waals surface area contributed by atoms with Gasteiger partial charge in [-0.2, -0.15) is 0 Å². The Morgan fingerprint density at radius 1 is 1.27 bits per heavy atom. The first-order valence-corrected chi connectivity index (χ1v) is 8.53. The van der Waals surface area contributed by atoms with Gasteiger partial charge in [-0.3, -0.25) is 9.59 Å². The molecule has 0 unspecified atom stereocenters. The molecule has 5 heteroatoms. The first kappa shape index (κ1) is 14.2. The molecule has 1 saturated heterocycles. The van der Waals surface area contributed by atoms with E-state index in [-0.39, 0.29) is 35.7 Å². The van der Waals surface area contributed by atoms with Crippen LogP contribution in [0.1, 0.15) is 24.0 Å². The van der Waals surface area contributed by atoms with Gasteiger partial charge in [0.05, 0.1) is 11.8 Å². The van der Waals surface area contributed by atoms with Crippen LogP contribution >= 0.6 is 15.9 Å². The standard InChI is InChI=1S/C17H18BrNO3/c1-7-8(2)12(4-3-11(7)18)19-16(20)14-9-5-10-13(6-9)22-17(21)15(10)14/h3-4,9-10,13-15H,5-6H2,1-2H3,(H,19,20)/t9-,10-,13+,14+,15-/m0/s1. The fourth-order valence-electron chi connectivity index (χ4n) is 4.50. The van der Waals surface area contributed by atoms with Crippen molar-refractivity contribution in [2.45, 2.75) is 32.8 Å². The highest BCUT2D eigenvalue weighted by molar-refractivity contribution is 9.10. The molecule has 2 aliphatic carbocycles. The van der Waals surface area contributed by atoms with Crippen molar-refractivity contribution < 1.29 is 14.3 Å². The predicted molar refractivity (Wildman–Crippen MR) is 85.3 cm³/mol. The Hall–Kier alpha value is -1.36. The second-order valence-electron chi connectivity index (χ2n) is 6.76. The first-order chi connectivity index (χ1) is 10.5. The molecule has 22 heavy (non-hydrogen) atoms. The van der Waals surface area contributed by atoms with E-state index in [1.54, 1.807) is 0 Å². The maximum atomic E-state index is 12.8. The van der Waals surface area contributed by atoms with Crippen molar-refractivity contribution in [2.75, 3.05) is 5.32 Å². The third-order valence-electron chi connectivity index (χ3n) is 5.76. The van der Waals surface area contributed by atoms with Crippen LogP contribution in [0.5, 0.6) is 0 Å².